The first-order chi connectivity index (χ1) is 7.97. The highest BCUT2D eigenvalue weighted by molar-refractivity contribution is 5.29. The average molecular weight is 239 g/mol. The molecule has 5 heteroatoms. The van der Waals surface area contributed by atoms with Crippen LogP contribution in [-0.2, 0) is 0 Å². The molecule has 0 saturated heterocycles. The predicted molar refractivity (Wildman–Crippen MR) is 67.2 cm³/mol. The molecular formula is C12H21N3O2. The number of aliphatic hydroxyl groups is 1. The number of aromatic nitrogens is 2. The second-order valence-electron chi connectivity index (χ2n) is 5.00. The average Bonchev–Trinajstić information content (AvgIpc) is 2.27. The summed E-state index contributed by atoms with van der Waals surface area (Å²) in [7, 11) is 1.57. The van der Waals surface area contributed by atoms with Crippen LogP contribution in [0.5, 0.6) is 5.88 Å². The highest BCUT2D eigenvalue weighted by Gasteiger charge is 2.24. The Hall–Kier alpha value is -1.36. The summed E-state index contributed by atoms with van der Waals surface area (Å²) in [6.07, 6.45) is 2.30. The molecule has 0 amide bonds. The lowest BCUT2D eigenvalue weighted by atomic mass is 9.85. The van der Waals surface area contributed by atoms with Crippen LogP contribution in [0.3, 0.4) is 0 Å². The van der Waals surface area contributed by atoms with Crippen molar-refractivity contribution in [2.24, 2.45) is 5.41 Å². The number of rotatable bonds is 5. The van der Waals surface area contributed by atoms with E-state index in [2.05, 4.69) is 36.1 Å². The zero-order valence-corrected chi connectivity index (χ0v) is 10.9. The van der Waals surface area contributed by atoms with E-state index in [9.17, 15) is 0 Å². The number of aliphatic hydroxyl groups excluding tert-OH is 1. The Labute approximate surface area is 102 Å². The number of methoxy groups -OCH3 is 1. The fourth-order valence-electron chi connectivity index (χ4n) is 1.53. The van der Waals surface area contributed by atoms with E-state index in [0.717, 1.165) is 0 Å². The maximum absolute atomic E-state index is 9.07. The zero-order chi connectivity index (χ0) is 12.9. The van der Waals surface area contributed by atoms with Crippen LogP contribution >= 0.6 is 0 Å². The van der Waals surface area contributed by atoms with Crippen molar-refractivity contribution in [3.63, 3.8) is 0 Å². The van der Waals surface area contributed by atoms with Crippen LogP contribution in [0.2, 0.25) is 0 Å². The monoisotopic (exact) mass is 239 g/mol. The third kappa shape index (κ3) is 4.19. The van der Waals surface area contributed by atoms with Crippen molar-refractivity contribution in [1.82, 2.24) is 9.97 Å². The first kappa shape index (κ1) is 13.7. The van der Waals surface area contributed by atoms with Gasteiger partial charge in [-0.2, -0.15) is 4.98 Å². The van der Waals surface area contributed by atoms with Crippen molar-refractivity contribution in [2.45, 2.75) is 33.2 Å². The molecule has 0 aliphatic rings. The van der Waals surface area contributed by atoms with Gasteiger partial charge in [-0.05, 0) is 11.8 Å². The predicted octanol–water partition coefficient (Wildman–Crippen LogP) is 1.69. The Morgan fingerprint density at radius 2 is 2.18 bits per heavy atom. The van der Waals surface area contributed by atoms with E-state index < -0.39 is 0 Å². The van der Waals surface area contributed by atoms with Gasteiger partial charge < -0.3 is 15.2 Å². The molecule has 0 fully saturated rings. The van der Waals surface area contributed by atoms with E-state index in [0.29, 0.717) is 18.2 Å². The molecule has 0 radical (unpaired) electrons. The highest BCUT2D eigenvalue weighted by atomic mass is 16.5. The molecule has 0 aliphatic heterocycles. The topological polar surface area (TPSA) is 67.3 Å². The summed E-state index contributed by atoms with van der Waals surface area (Å²) in [5.41, 5.74) is 0.0230. The number of ether oxygens (including phenoxy) is 1. The van der Waals surface area contributed by atoms with Gasteiger partial charge in [0, 0.05) is 24.9 Å². The second-order valence-corrected chi connectivity index (χ2v) is 5.00. The number of hydrogen-bond acceptors (Lipinski definition) is 5. The van der Waals surface area contributed by atoms with E-state index >= 15 is 0 Å². The van der Waals surface area contributed by atoms with Crippen molar-refractivity contribution < 1.29 is 9.84 Å². The van der Waals surface area contributed by atoms with Gasteiger partial charge in [-0.3, -0.25) is 0 Å². The van der Waals surface area contributed by atoms with Crippen molar-refractivity contribution >= 4 is 5.95 Å². The fraction of sp³-hybridized carbons (Fsp3) is 0.667. The van der Waals surface area contributed by atoms with Gasteiger partial charge >= 0.3 is 0 Å². The molecule has 0 aromatic carbocycles. The Bertz CT molecular complexity index is 350. The standard InChI is InChI=1S/C12H21N3O2/c1-12(2,3)9(6-8-16)14-11-13-7-5-10(15-11)17-4/h5,7,9,16H,6,8H2,1-4H3,(H,13,14,15). The zero-order valence-electron chi connectivity index (χ0n) is 10.9. The summed E-state index contributed by atoms with van der Waals surface area (Å²) in [5.74, 6) is 1.05. The summed E-state index contributed by atoms with van der Waals surface area (Å²) in [6.45, 7) is 6.47. The summed E-state index contributed by atoms with van der Waals surface area (Å²) in [6, 6.07) is 1.81. The van der Waals surface area contributed by atoms with Crippen molar-refractivity contribution in [2.75, 3.05) is 19.0 Å². The van der Waals surface area contributed by atoms with E-state index in [-0.39, 0.29) is 18.1 Å². The molecule has 0 saturated carbocycles. The van der Waals surface area contributed by atoms with E-state index in [1.54, 1.807) is 19.4 Å². The van der Waals surface area contributed by atoms with Crippen molar-refractivity contribution in [3.8, 4) is 5.88 Å². The van der Waals surface area contributed by atoms with Gasteiger partial charge in [0.1, 0.15) is 0 Å². The first-order valence-electron chi connectivity index (χ1n) is 5.72. The van der Waals surface area contributed by atoms with Gasteiger partial charge in [0.05, 0.1) is 7.11 Å². The molecule has 1 atom stereocenters. The Balaban J connectivity index is 2.78. The van der Waals surface area contributed by atoms with Crippen LogP contribution < -0.4 is 10.1 Å². The maximum atomic E-state index is 9.07. The van der Waals surface area contributed by atoms with E-state index in [1.165, 1.54) is 0 Å². The molecule has 1 heterocycles. The molecule has 0 bridgehead atoms. The van der Waals surface area contributed by atoms with E-state index in [1.807, 2.05) is 0 Å². The molecule has 2 N–H and O–H groups in total. The molecule has 0 spiro atoms. The Morgan fingerprint density at radius 1 is 1.47 bits per heavy atom. The van der Waals surface area contributed by atoms with Gasteiger partial charge in [-0.1, -0.05) is 20.8 Å². The van der Waals surface area contributed by atoms with Gasteiger partial charge in [0.2, 0.25) is 11.8 Å². The van der Waals surface area contributed by atoms with Crippen LogP contribution in [0.1, 0.15) is 27.2 Å². The molecule has 0 aliphatic carbocycles. The summed E-state index contributed by atoms with van der Waals surface area (Å²) >= 11 is 0. The van der Waals surface area contributed by atoms with Crippen LogP contribution in [-0.4, -0.2) is 34.8 Å². The summed E-state index contributed by atoms with van der Waals surface area (Å²) in [5, 5.41) is 12.3. The second kappa shape index (κ2) is 5.82. The van der Waals surface area contributed by atoms with Crippen LogP contribution in [0.15, 0.2) is 12.3 Å². The summed E-state index contributed by atoms with van der Waals surface area (Å²) < 4.78 is 5.04. The third-order valence-electron chi connectivity index (χ3n) is 2.61. The minimum atomic E-state index is 0.0230. The summed E-state index contributed by atoms with van der Waals surface area (Å²) in [4.78, 5) is 8.34. The SMILES string of the molecule is COc1ccnc(NC(CCO)C(C)(C)C)n1. The third-order valence-corrected chi connectivity index (χ3v) is 2.61. The van der Waals surface area contributed by atoms with Crippen LogP contribution in [0.25, 0.3) is 0 Å². The lowest BCUT2D eigenvalue weighted by molar-refractivity contribution is 0.234. The van der Waals surface area contributed by atoms with Gasteiger partial charge in [-0.15, -0.1) is 0 Å². The quantitative estimate of drug-likeness (QED) is 0.818. The molecular weight excluding hydrogens is 218 g/mol. The Kier molecular flexibility index (Phi) is 4.69. The lowest BCUT2D eigenvalue weighted by Crippen LogP contribution is -2.35. The lowest BCUT2D eigenvalue weighted by Gasteiger charge is -2.31. The first-order valence-corrected chi connectivity index (χ1v) is 5.72. The van der Waals surface area contributed by atoms with Gasteiger partial charge in [-0.25, -0.2) is 4.98 Å². The number of nitrogens with zero attached hydrogens (tertiary/aromatic N) is 2. The smallest absolute Gasteiger partial charge is 0.226 e. The maximum Gasteiger partial charge on any atom is 0.226 e. The number of anilines is 1. The molecule has 1 unspecified atom stereocenters. The molecule has 1 aromatic rings. The largest absolute Gasteiger partial charge is 0.481 e. The van der Waals surface area contributed by atoms with Gasteiger partial charge in [0.15, 0.2) is 0 Å². The van der Waals surface area contributed by atoms with Crippen molar-refractivity contribution in [3.05, 3.63) is 12.3 Å². The minimum Gasteiger partial charge on any atom is -0.481 e. The highest BCUT2D eigenvalue weighted by Crippen LogP contribution is 2.24. The molecule has 1 rings (SSSR count). The molecule has 96 valence electrons. The van der Waals surface area contributed by atoms with Crippen LogP contribution in [0.4, 0.5) is 5.95 Å². The normalized spacial score (nSPS) is 13.2. The molecule has 1 aromatic heterocycles. The van der Waals surface area contributed by atoms with Crippen molar-refractivity contribution in [1.29, 1.82) is 0 Å². The number of hydrogen-bond donors (Lipinski definition) is 2. The Morgan fingerprint density at radius 3 is 2.71 bits per heavy atom. The molecule has 17 heavy (non-hydrogen) atoms. The molecule has 5 nitrogen and oxygen atoms in total. The van der Waals surface area contributed by atoms with Crippen LogP contribution in [0, 0.1) is 5.41 Å². The number of nitrogens with one attached hydrogen (secondary N) is 1. The van der Waals surface area contributed by atoms with E-state index in [4.69, 9.17) is 9.84 Å². The minimum absolute atomic E-state index is 0.0230. The fourth-order valence-corrected chi connectivity index (χ4v) is 1.53. The van der Waals surface area contributed by atoms with Gasteiger partial charge in [0.25, 0.3) is 0 Å².